The summed E-state index contributed by atoms with van der Waals surface area (Å²) in [6.07, 6.45) is 0.0398. The zero-order valence-electron chi connectivity index (χ0n) is 11.3. The Morgan fingerprint density at radius 3 is 2.53 bits per heavy atom. The maximum atomic E-state index is 10.7. The largest absolute Gasteiger partial charge is 0.491 e. The molecule has 0 aromatic heterocycles. The highest BCUT2D eigenvalue weighted by Gasteiger charge is 2.03. The lowest BCUT2D eigenvalue weighted by molar-refractivity contribution is -0.0128. The first kappa shape index (κ1) is 15.5. The van der Waals surface area contributed by atoms with Crippen LogP contribution in [0.3, 0.4) is 0 Å². The fourth-order valence-electron chi connectivity index (χ4n) is 1.43. The summed E-state index contributed by atoms with van der Waals surface area (Å²) in [5.41, 5.74) is 0.244. The summed E-state index contributed by atoms with van der Waals surface area (Å²) < 4.78 is 16.1. The van der Waals surface area contributed by atoms with Crippen LogP contribution in [-0.4, -0.2) is 43.6 Å². The third-order valence-corrected chi connectivity index (χ3v) is 2.41. The maximum Gasteiger partial charge on any atom is 0.335 e. The van der Waals surface area contributed by atoms with Crippen LogP contribution in [0.2, 0.25) is 0 Å². The zero-order chi connectivity index (χ0) is 14.1. The number of hydrogen-bond donors (Lipinski definition) is 1. The van der Waals surface area contributed by atoms with E-state index in [1.165, 1.54) is 12.1 Å². The van der Waals surface area contributed by atoms with Crippen LogP contribution in [0, 0.1) is 0 Å². The van der Waals surface area contributed by atoms with Crippen molar-refractivity contribution >= 4 is 5.97 Å². The Hall–Kier alpha value is -1.59. The summed E-state index contributed by atoms with van der Waals surface area (Å²) in [6.45, 7) is 6.02. The maximum absolute atomic E-state index is 10.7. The van der Waals surface area contributed by atoms with Gasteiger partial charge in [-0.2, -0.15) is 0 Å². The third kappa shape index (κ3) is 6.22. The third-order valence-electron chi connectivity index (χ3n) is 2.41. The second kappa shape index (κ2) is 8.50. The van der Waals surface area contributed by atoms with Gasteiger partial charge in [0.1, 0.15) is 12.4 Å². The van der Waals surface area contributed by atoms with Crippen LogP contribution < -0.4 is 4.74 Å². The van der Waals surface area contributed by atoms with Gasteiger partial charge in [-0.1, -0.05) is 0 Å². The summed E-state index contributed by atoms with van der Waals surface area (Å²) in [5.74, 6) is -0.314. The molecule has 0 amide bonds. The summed E-state index contributed by atoms with van der Waals surface area (Å²) in [4.78, 5) is 10.7. The van der Waals surface area contributed by atoms with E-state index in [1.54, 1.807) is 12.1 Å². The number of carboxylic acid groups (broad SMARTS) is 1. The van der Waals surface area contributed by atoms with Crippen LogP contribution in [0.25, 0.3) is 0 Å². The molecular formula is C14H20O5. The van der Waals surface area contributed by atoms with Gasteiger partial charge in [-0.15, -0.1) is 0 Å². The van der Waals surface area contributed by atoms with Crippen molar-refractivity contribution in [2.45, 2.75) is 20.0 Å². The van der Waals surface area contributed by atoms with Crippen molar-refractivity contribution in [1.82, 2.24) is 0 Å². The van der Waals surface area contributed by atoms with E-state index >= 15 is 0 Å². The first-order valence-electron chi connectivity index (χ1n) is 6.29. The van der Waals surface area contributed by atoms with Crippen molar-refractivity contribution in [1.29, 1.82) is 0 Å². The molecule has 0 heterocycles. The highest BCUT2D eigenvalue weighted by Crippen LogP contribution is 2.12. The quantitative estimate of drug-likeness (QED) is 0.695. The minimum atomic E-state index is -0.945. The molecule has 1 atom stereocenters. The second-order valence-electron chi connectivity index (χ2n) is 4.02. The molecule has 1 unspecified atom stereocenters. The van der Waals surface area contributed by atoms with Crippen LogP contribution in [0.1, 0.15) is 24.2 Å². The van der Waals surface area contributed by atoms with Gasteiger partial charge in [0, 0.05) is 6.61 Å². The van der Waals surface area contributed by atoms with E-state index in [2.05, 4.69) is 0 Å². The number of benzene rings is 1. The average Bonchev–Trinajstić information content (AvgIpc) is 2.41. The van der Waals surface area contributed by atoms with Crippen molar-refractivity contribution in [3.63, 3.8) is 0 Å². The van der Waals surface area contributed by atoms with Gasteiger partial charge in [0.05, 0.1) is 24.9 Å². The van der Waals surface area contributed by atoms with E-state index in [-0.39, 0.29) is 11.7 Å². The van der Waals surface area contributed by atoms with E-state index in [0.717, 1.165) is 0 Å². The van der Waals surface area contributed by atoms with Crippen molar-refractivity contribution in [2.75, 3.05) is 26.4 Å². The molecule has 0 aliphatic rings. The van der Waals surface area contributed by atoms with Crippen LogP contribution in [-0.2, 0) is 9.47 Å². The number of carboxylic acids is 1. The molecule has 1 aromatic rings. The van der Waals surface area contributed by atoms with E-state index in [1.807, 2.05) is 13.8 Å². The van der Waals surface area contributed by atoms with Crippen molar-refractivity contribution in [2.24, 2.45) is 0 Å². The topological polar surface area (TPSA) is 65.0 Å². The minimum Gasteiger partial charge on any atom is -0.491 e. The van der Waals surface area contributed by atoms with Gasteiger partial charge in [0.25, 0.3) is 0 Å². The predicted octanol–water partition coefficient (Wildman–Crippen LogP) is 2.21. The normalized spacial score (nSPS) is 12.1. The molecule has 0 saturated carbocycles. The monoisotopic (exact) mass is 268 g/mol. The highest BCUT2D eigenvalue weighted by atomic mass is 16.5. The first-order valence-corrected chi connectivity index (χ1v) is 6.29. The fourth-order valence-corrected chi connectivity index (χ4v) is 1.43. The van der Waals surface area contributed by atoms with Crippen molar-refractivity contribution in [3.05, 3.63) is 29.8 Å². The van der Waals surface area contributed by atoms with Gasteiger partial charge >= 0.3 is 5.97 Å². The number of ether oxygens (including phenoxy) is 3. The Labute approximate surface area is 113 Å². The van der Waals surface area contributed by atoms with Crippen molar-refractivity contribution in [3.8, 4) is 5.75 Å². The zero-order valence-corrected chi connectivity index (χ0v) is 11.3. The fraction of sp³-hybridized carbons (Fsp3) is 0.500. The van der Waals surface area contributed by atoms with Crippen LogP contribution in [0.5, 0.6) is 5.75 Å². The molecule has 1 rings (SSSR count). The van der Waals surface area contributed by atoms with E-state index in [4.69, 9.17) is 19.3 Å². The highest BCUT2D eigenvalue weighted by molar-refractivity contribution is 5.87. The Morgan fingerprint density at radius 1 is 1.26 bits per heavy atom. The van der Waals surface area contributed by atoms with Gasteiger partial charge < -0.3 is 19.3 Å². The van der Waals surface area contributed by atoms with Crippen molar-refractivity contribution < 1.29 is 24.1 Å². The molecule has 5 heteroatoms. The lowest BCUT2D eigenvalue weighted by atomic mass is 10.2. The number of hydrogen-bond acceptors (Lipinski definition) is 4. The molecular weight excluding hydrogens is 248 g/mol. The Balaban J connectivity index is 2.20. The molecule has 1 aromatic carbocycles. The number of aromatic carboxylic acids is 1. The molecule has 0 radical (unpaired) electrons. The molecule has 0 fully saturated rings. The molecule has 106 valence electrons. The summed E-state index contributed by atoms with van der Waals surface area (Å²) in [5, 5.41) is 8.75. The summed E-state index contributed by atoms with van der Waals surface area (Å²) in [6, 6.07) is 6.28. The summed E-state index contributed by atoms with van der Waals surface area (Å²) >= 11 is 0. The van der Waals surface area contributed by atoms with Gasteiger partial charge in [0.2, 0.25) is 0 Å². The minimum absolute atomic E-state index is 0.0398. The van der Waals surface area contributed by atoms with Crippen LogP contribution in [0.15, 0.2) is 24.3 Å². The van der Waals surface area contributed by atoms with E-state index in [0.29, 0.717) is 32.2 Å². The van der Waals surface area contributed by atoms with Gasteiger partial charge in [0.15, 0.2) is 0 Å². The van der Waals surface area contributed by atoms with E-state index in [9.17, 15) is 4.79 Å². The van der Waals surface area contributed by atoms with Crippen LogP contribution in [0.4, 0.5) is 0 Å². The molecule has 0 spiro atoms. The molecule has 5 nitrogen and oxygen atoms in total. The lowest BCUT2D eigenvalue weighted by Gasteiger charge is -2.13. The first-order chi connectivity index (χ1) is 9.13. The molecule has 0 bridgehead atoms. The Bertz CT molecular complexity index is 374. The average molecular weight is 268 g/mol. The summed E-state index contributed by atoms with van der Waals surface area (Å²) in [7, 11) is 0. The standard InChI is InChI=1S/C14H20O5/c1-3-17-10-11(2)18-8-9-19-13-6-4-12(5-7-13)14(15)16/h4-7,11H,3,8-10H2,1-2H3,(H,15,16). The molecule has 19 heavy (non-hydrogen) atoms. The van der Waals surface area contributed by atoms with Crippen LogP contribution >= 0.6 is 0 Å². The van der Waals surface area contributed by atoms with Gasteiger partial charge in [-0.25, -0.2) is 4.79 Å². The SMILES string of the molecule is CCOCC(C)OCCOc1ccc(C(=O)O)cc1. The van der Waals surface area contributed by atoms with Gasteiger partial charge in [-0.3, -0.25) is 0 Å². The lowest BCUT2D eigenvalue weighted by Crippen LogP contribution is -2.19. The molecule has 0 aliphatic heterocycles. The number of rotatable bonds is 9. The molecule has 0 aliphatic carbocycles. The molecule has 0 saturated heterocycles. The van der Waals surface area contributed by atoms with E-state index < -0.39 is 5.97 Å². The smallest absolute Gasteiger partial charge is 0.335 e. The molecule has 1 N–H and O–H groups in total. The Kier molecular flexibility index (Phi) is 6.92. The Morgan fingerprint density at radius 2 is 1.95 bits per heavy atom. The predicted molar refractivity (Wildman–Crippen MR) is 70.8 cm³/mol. The number of carbonyl (C=O) groups is 1. The van der Waals surface area contributed by atoms with Gasteiger partial charge in [-0.05, 0) is 38.1 Å². The second-order valence-corrected chi connectivity index (χ2v) is 4.02.